The van der Waals surface area contributed by atoms with E-state index in [2.05, 4.69) is 10.6 Å². The van der Waals surface area contributed by atoms with Crippen LogP contribution in [0.1, 0.15) is 37.1 Å². The number of hydrogen-bond donors (Lipinski definition) is 3. The summed E-state index contributed by atoms with van der Waals surface area (Å²) in [6.07, 6.45) is 2.02. The molecule has 0 aliphatic carbocycles. The second-order valence-corrected chi connectivity index (χ2v) is 7.33. The number of benzene rings is 2. The number of carbonyl (C=O) groups is 2. The van der Waals surface area contributed by atoms with Crippen LogP contribution in [0.3, 0.4) is 0 Å². The van der Waals surface area contributed by atoms with Gasteiger partial charge in [0, 0.05) is 13.9 Å². The van der Waals surface area contributed by atoms with E-state index in [1.807, 2.05) is 37.4 Å². The molecule has 3 N–H and O–H groups in total. The van der Waals surface area contributed by atoms with Gasteiger partial charge in [-0.15, -0.1) is 12.4 Å². The number of aromatic hydroxyl groups is 1. The third-order valence-electron chi connectivity index (χ3n) is 4.53. The summed E-state index contributed by atoms with van der Waals surface area (Å²) in [6.45, 7) is 3.21. The number of nitrogens with one attached hydrogen (secondary N) is 2. The maximum Gasteiger partial charge on any atom is 0.328 e. The van der Waals surface area contributed by atoms with Gasteiger partial charge in [-0.05, 0) is 45.0 Å². The van der Waals surface area contributed by atoms with Crippen molar-refractivity contribution in [3.8, 4) is 11.5 Å². The fourth-order valence-electron chi connectivity index (χ4n) is 2.94. The third kappa shape index (κ3) is 8.57. The van der Waals surface area contributed by atoms with Crippen molar-refractivity contribution in [1.29, 1.82) is 0 Å². The molecule has 7 nitrogen and oxygen atoms in total. The summed E-state index contributed by atoms with van der Waals surface area (Å²) < 4.78 is 10.7. The molecule has 9 heteroatoms. The summed E-state index contributed by atoms with van der Waals surface area (Å²) in [5.41, 5.74) is 0.819. The first-order valence-corrected chi connectivity index (χ1v) is 10.6. The maximum atomic E-state index is 12.8. The predicted molar refractivity (Wildman–Crippen MR) is 129 cm³/mol. The average Bonchev–Trinajstić information content (AvgIpc) is 2.76. The number of rotatable bonds is 12. The molecule has 2 aromatic rings. The second-order valence-electron chi connectivity index (χ2n) is 6.93. The van der Waals surface area contributed by atoms with Crippen molar-refractivity contribution in [3.05, 3.63) is 58.6 Å². The van der Waals surface area contributed by atoms with Crippen molar-refractivity contribution in [2.24, 2.45) is 0 Å². The fraction of sp³-hybridized carbons (Fsp3) is 0.391. The van der Waals surface area contributed by atoms with Gasteiger partial charge < -0.3 is 25.2 Å². The lowest BCUT2D eigenvalue weighted by Gasteiger charge is -2.18. The zero-order chi connectivity index (χ0) is 22.6. The molecule has 0 saturated heterocycles. The number of phenolic OH excluding ortho intramolecular Hbond substituents is 1. The molecular weight excluding hydrogens is 455 g/mol. The van der Waals surface area contributed by atoms with Crippen molar-refractivity contribution in [1.82, 2.24) is 10.6 Å². The van der Waals surface area contributed by atoms with Crippen molar-refractivity contribution in [3.63, 3.8) is 0 Å². The lowest BCUT2D eigenvalue weighted by molar-refractivity contribution is -0.145. The van der Waals surface area contributed by atoms with E-state index in [9.17, 15) is 14.7 Å². The normalized spacial score (nSPS) is 11.2. The summed E-state index contributed by atoms with van der Waals surface area (Å²) in [6, 6.07) is 11.0. The van der Waals surface area contributed by atoms with E-state index in [1.165, 1.54) is 12.1 Å². The number of ether oxygens (including phenoxy) is 2. The number of unbranched alkanes of at least 4 members (excludes halogenated alkanes) is 1. The monoisotopic (exact) mass is 486 g/mol. The Kier molecular flexibility index (Phi) is 12.5. The molecule has 0 saturated carbocycles. The SMILES string of the molecule is CCOC(=O)[C@@H](Cc1ccccc1)NC(=O)c1cc(Cl)c(OCCCCNC)cc1O.Cl.[HH]. The Hall–Kier alpha value is -2.48. The summed E-state index contributed by atoms with van der Waals surface area (Å²) in [7, 11) is 1.88. The molecule has 0 fully saturated rings. The molecule has 0 aromatic heterocycles. The highest BCUT2D eigenvalue weighted by atomic mass is 35.5. The van der Waals surface area contributed by atoms with Gasteiger partial charge >= 0.3 is 5.97 Å². The van der Waals surface area contributed by atoms with Gasteiger partial charge in [-0.3, -0.25) is 4.79 Å². The fourth-order valence-corrected chi connectivity index (χ4v) is 3.16. The minimum atomic E-state index is -0.906. The van der Waals surface area contributed by atoms with Gasteiger partial charge in [-0.1, -0.05) is 41.9 Å². The number of amides is 1. The Labute approximate surface area is 201 Å². The number of esters is 1. The lowest BCUT2D eigenvalue weighted by Crippen LogP contribution is -2.43. The van der Waals surface area contributed by atoms with Gasteiger partial charge in [0.1, 0.15) is 17.5 Å². The average molecular weight is 487 g/mol. The van der Waals surface area contributed by atoms with Crippen LogP contribution >= 0.6 is 24.0 Å². The van der Waals surface area contributed by atoms with Crippen molar-refractivity contribution in [2.45, 2.75) is 32.2 Å². The van der Waals surface area contributed by atoms with Crippen molar-refractivity contribution >= 4 is 35.9 Å². The molecule has 178 valence electrons. The molecule has 1 amide bonds. The number of phenols is 1. The molecule has 0 aliphatic heterocycles. The smallest absolute Gasteiger partial charge is 0.328 e. The van der Waals surface area contributed by atoms with Crippen LogP contribution in [0.4, 0.5) is 0 Å². The second kappa shape index (κ2) is 14.6. The minimum Gasteiger partial charge on any atom is -0.507 e. The summed E-state index contributed by atoms with van der Waals surface area (Å²) in [4.78, 5) is 25.1. The summed E-state index contributed by atoms with van der Waals surface area (Å²) in [5, 5.41) is 16.2. The number of halogens is 2. The first kappa shape index (κ1) is 27.6. The molecule has 2 rings (SSSR count). The Morgan fingerprint density at radius 2 is 1.91 bits per heavy atom. The van der Waals surface area contributed by atoms with Gasteiger partial charge in [0.05, 0.1) is 23.8 Å². The Bertz CT molecular complexity index is 871. The zero-order valence-electron chi connectivity index (χ0n) is 18.2. The van der Waals surface area contributed by atoms with Crippen LogP contribution in [0.2, 0.25) is 5.02 Å². The van der Waals surface area contributed by atoms with E-state index in [0.29, 0.717) is 12.4 Å². The Balaban J connectivity index is 0.00000512. The third-order valence-corrected chi connectivity index (χ3v) is 4.83. The largest absolute Gasteiger partial charge is 0.507 e. The van der Waals surface area contributed by atoms with E-state index in [4.69, 9.17) is 21.1 Å². The Morgan fingerprint density at radius 3 is 2.56 bits per heavy atom. The Morgan fingerprint density at radius 1 is 1.19 bits per heavy atom. The first-order valence-electron chi connectivity index (χ1n) is 10.3. The van der Waals surface area contributed by atoms with Crippen LogP contribution in [0.15, 0.2) is 42.5 Å². The highest BCUT2D eigenvalue weighted by molar-refractivity contribution is 6.32. The molecule has 0 aliphatic rings. The molecule has 2 aromatic carbocycles. The van der Waals surface area contributed by atoms with E-state index in [-0.39, 0.29) is 43.2 Å². The highest BCUT2D eigenvalue weighted by Crippen LogP contribution is 2.32. The zero-order valence-corrected chi connectivity index (χ0v) is 19.8. The van der Waals surface area contributed by atoms with E-state index >= 15 is 0 Å². The molecule has 32 heavy (non-hydrogen) atoms. The molecule has 1 atom stereocenters. The van der Waals surface area contributed by atoms with Crippen LogP contribution in [0.25, 0.3) is 0 Å². The molecule has 0 bridgehead atoms. The maximum absolute atomic E-state index is 12.8. The summed E-state index contributed by atoms with van der Waals surface area (Å²) in [5.74, 6) is -1.17. The minimum absolute atomic E-state index is 0. The van der Waals surface area contributed by atoms with Crippen LogP contribution in [0.5, 0.6) is 11.5 Å². The van der Waals surface area contributed by atoms with Gasteiger partial charge in [-0.25, -0.2) is 4.79 Å². The highest BCUT2D eigenvalue weighted by Gasteiger charge is 2.25. The number of hydrogen-bond acceptors (Lipinski definition) is 6. The van der Waals surface area contributed by atoms with Gasteiger partial charge in [-0.2, -0.15) is 0 Å². The molecule has 0 heterocycles. The van der Waals surface area contributed by atoms with E-state index in [0.717, 1.165) is 24.9 Å². The lowest BCUT2D eigenvalue weighted by atomic mass is 10.1. The van der Waals surface area contributed by atoms with Crippen LogP contribution in [-0.4, -0.2) is 49.8 Å². The standard InChI is InChI=1S/C23H29ClN2O5.ClH.H2/c1-3-30-23(29)19(13-16-9-5-4-6-10-16)26-22(28)17-14-18(24)21(15-20(17)27)31-12-8-7-11-25-2;;/h4-6,9-10,14-15,19,25,27H,3,7-8,11-13H2,1-2H3,(H,26,28);2*1H/t19-;;/m1../s1. The van der Waals surface area contributed by atoms with Crippen LogP contribution in [-0.2, 0) is 16.0 Å². The van der Waals surface area contributed by atoms with Gasteiger partial charge in [0.15, 0.2) is 0 Å². The summed E-state index contributed by atoms with van der Waals surface area (Å²) >= 11 is 6.24. The van der Waals surface area contributed by atoms with E-state index < -0.39 is 17.9 Å². The van der Waals surface area contributed by atoms with Crippen LogP contribution in [0, 0.1) is 0 Å². The molecule has 0 radical (unpaired) electrons. The molecule has 0 spiro atoms. The predicted octanol–water partition coefficient (Wildman–Crippen LogP) is 4.00. The molecular formula is C23H32Cl2N2O5. The van der Waals surface area contributed by atoms with Crippen molar-refractivity contribution < 1.29 is 25.6 Å². The van der Waals surface area contributed by atoms with Gasteiger partial charge in [0.2, 0.25) is 0 Å². The molecule has 0 unspecified atom stereocenters. The van der Waals surface area contributed by atoms with Crippen LogP contribution < -0.4 is 15.4 Å². The van der Waals surface area contributed by atoms with Gasteiger partial charge in [0.25, 0.3) is 5.91 Å². The van der Waals surface area contributed by atoms with E-state index in [1.54, 1.807) is 6.92 Å². The topological polar surface area (TPSA) is 96.9 Å². The number of carbonyl (C=O) groups excluding carboxylic acids is 2. The quantitative estimate of drug-likeness (QED) is 0.310. The first-order chi connectivity index (χ1) is 15.0. The van der Waals surface area contributed by atoms with Crippen molar-refractivity contribution in [2.75, 3.05) is 26.8 Å².